The van der Waals surface area contributed by atoms with Gasteiger partial charge in [-0.2, -0.15) is 5.10 Å². The molecule has 16 heavy (non-hydrogen) atoms. The van der Waals surface area contributed by atoms with Crippen LogP contribution in [0.1, 0.15) is 18.5 Å². The van der Waals surface area contributed by atoms with Crippen molar-refractivity contribution in [1.82, 2.24) is 9.78 Å². The highest BCUT2D eigenvalue weighted by atomic mass is 79.9. The maximum atomic E-state index is 11.4. The summed E-state index contributed by atoms with van der Waals surface area (Å²) < 4.78 is 6.96. The molecule has 1 atom stereocenters. The van der Waals surface area contributed by atoms with Crippen molar-refractivity contribution in [3.8, 4) is 0 Å². The lowest BCUT2D eigenvalue weighted by molar-refractivity contribution is -0.152. The van der Waals surface area contributed by atoms with E-state index in [1.807, 2.05) is 6.07 Å². The highest BCUT2D eigenvalue weighted by Gasteiger charge is 2.55. The zero-order valence-electron chi connectivity index (χ0n) is 9.11. The number of hydrogen-bond acceptors (Lipinski definition) is 4. The Bertz CT molecular complexity index is 426. The van der Waals surface area contributed by atoms with Gasteiger partial charge in [0.05, 0.1) is 7.11 Å². The van der Waals surface area contributed by atoms with Crippen LogP contribution in [0, 0.1) is 0 Å². The number of esters is 1. The van der Waals surface area contributed by atoms with E-state index in [1.165, 1.54) is 7.11 Å². The van der Waals surface area contributed by atoms with Crippen molar-refractivity contribution >= 4 is 21.9 Å². The molecule has 1 aliphatic rings. The molecule has 0 aliphatic heterocycles. The molecule has 2 rings (SSSR count). The Morgan fingerprint density at radius 2 is 2.38 bits per heavy atom. The van der Waals surface area contributed by atoms with Crippen molar-refractivity contribution in [3.63, 3.8) is 0 Å². The van der Waals surface area contributed by atoms with Gasteiger partial charge in [-0.25, -0.2) is 4.79 Å². The first kappa shape index (κ1) is 11.6. The third-order valence-corrected chi connectivity index (χ3v) is 3.48. The van der Waals surface area contributed by atoms with Gasteiger partial charge in [0.2, 0.25) is 0 Å². The lowest BCUT2D eigenvalue weighted by Gasteiger charge is -2.20. The number of nitrogens with zero attached hydrogens (tertiary/aromatic N) is 2. The second-order valence-electron chi connectivity index (χ2n) is 4.06. The van der Waals surface area contributed by atoms with E-state index in [0.29, 0.717) is 4.60 Å². The van der Waals surface area contributed by atoms with Crippen LogP contribution in [0.3, 0.4) is 0 Å². The molecule has 1 aromatic rings. The van der Waals surface area contributed by atoms with Gasteiger partial charge in [-0.15, -0.1) is 0 Å². The van der Waals surface area contributed by atoms with E-state index in [-0.39, 0.29) is 0 Å². The molecular formula is C10H13BrN2O3. The summed E-state index contributed by atoms with van der Waals surface area (Å²) in [5.41, 5.74) is 0.346. The lowest BCUT2D eigenvalue weighted by atomic mass is 9.95. The Morgan fingerprint density at radius 1 is 1.75 bits per heavy atom. The van der Waals surface area contributed by atoms with Crippen LogP contribution in [0.5, 0.6) is 0 Å². The first-order valence-corrected chi connectivity index (χ1v) is 5.76. The van der Waals surface area contributed by atoms with Gasteiger partial charge >= 0.3 is 5.97 Å². The molecule has 0 aromatic carbocycles. The predicted octanol–water partition coefficient (Wildman–Crippen LogP) is 0.748. The van der Waals surface area contributed by atoms with Gasteiger partial charge in [0.15, 0.2) is 6.10 Å². The van der Waals surface area contributed by atoms with Gasteiger partial charge in [0.1, 0.15) is 4.60 Å². The smallest absolute Gasteiger partial charge is 0.335 e. The number of aliphatic hydroxyl groups excluding tert-OH is 1. The fourth-order valence-electron chi connectivity index (χ4n) is 2.04. The number of carbonyl (C=O) groups is 1. The van der Waals surface area contributed by atoms with Crippen molar-refractivity contribution in [2.24, 2.45) is 7.05 Å². The van der Waals surface area contributed by atoms with Gasteiger partial charge < -0.3 is 9.84 Å². The first-order valence-electron chi connectivity index (χ1n) is 4.97. The third-order valence-electron chi connectivity index (χ3n) is 3.10. The van der Waals surface area contributed by atoms with E-state index in [0.717, 1.165) is 18.5 Å². The zero-order chi connectivity index (χ0) is 11.9. The third kappa shape index (κ3) is 1.66. The molecule has 1 heterocycles. The SMILES string of the molecule is COC(=O)C(O)C1(c2cc(Br)nn2C)CC1. The summed E-state index contributed by atoms with van der Waals surface area (Å²) in [4.78, 5) is 11.4. The first-order chi connectivity index (χ1) is 7.51. The molecule has 0 amide bonds. The number of aromatic nitrogens is 2. The molecule has 1 saturated carbocycles. The minimum absolute atomic E-state index is 0.513. The van der Waals surface area contributed by atoms with Crippen LogP contribution in [0.2, 0.25) is 0 Å². The van der Waals surface area contributed by atoms with Crippen LogP contribution in [-0.2, 0) is 22.0 Å². The van der Waals surface area contributed by atoms with Crippen molar-refractivity contribution in [2.45, 2.75) is 24.4 Å². The Hall–Kier alpha value is -0.880. The number of aryl methyl sites for hydroxylation is 1. The molecule has 88 valence electrons. The largest absolute Gasteiger partial charge is 0.467 e. The fourth-order valence-corrected chi connectivity index (χ4v) is 2.49. The molecule has 0 saturated heterocycles. The Kier molecular flexibility index (Phi) is 2.79. The van der Waals surface area contributed by atoms with Crippen molar-refractivity contribution in [1.29, 1.82) is 0 Å². The number of halogens is 1. The summed E-state index contributed by atoms with van der Waals surface area (Å²) in [6, 6.07) is 1.83. The standard InChI is InChI=1S/C10H13BrN2O3/c1-13-6(5-7(11)12-13)10(3-4-10)8(14)9(15)16-2/h5,8,14H,3-4H2,1-2H3. The molecule has 0 bridgehead atoms. The number of carbonyl (C=O) groups excluding carboxylic acids is 1. The average Bonchev–Trinajstić information content (AvgIpc) is 2.98. The highest BCUT2D eigenvalue weighted by Crippen LogP contribution is 2.51. The van der Waals surface area contributed by atoms with Crippen molar-refractivity contribution in [3.05, 3.63) is 16.4 Å². The zero-order valence-corrected chi connectivity index (χ0v) is 10.7. The quantitative estimate of drug-likeness (QED) is 0.834. The van der Waals surface area contributed by atoms with Crippen LogP contribution >= 0.6 is 15.9 Å². The van der Waals surface area contributed by atoms with Crippen LogP contribution in [0.15, 0.2) is 10.7 Å². The topological polar surface area (TPSA) is 64.3 Å². The van der Waals surface area contributed by atoms with E-state index in [1.54, 1.807) is 11.7 Å². The lowest BCUT2D eigenvalue weighted by Crippen LogP contribution is -2.36. The molecule has 1 N–H and O–H groups in total. The van der Waals surface area contributed by atoms with Gasteiger partial charge in [-0.05, 0) is 34.8 Å². The van der Waals surface area contributed by atoms with Gasteiger partial charge in [0, 0.05) is 18.2 Å². The van der Waals surface area contributed by atoms with Gasteiger partial charge in [-0.3, -0.25) is 4.68 Å². The number of aliphatic hydroxyl groups is 1. The summed E-state index contributed by atoms with van der Waals surface area (Å²) in [5, 5.41) is 14.1. The number of rotatable bonds is 3. The monoisotopic (exact) mass is 288 g/mol. The number of ether oxygens (including phenoxy) is 1. The van der Waals surface area contributed by atoms with Crippen LogP contribution < -0.4 is 0 Å². The molecule has 1 aromatic heterocycles. The number of methoxy groups -OCH3 is 1. The summed E-state index contributed by atoms with van der Waals surface area (Å²) in [6.45, 7) is 0. The molecule has 1 unspecified atom stereocenters. The number of hydrogen-bond donors (Lipinski definition) is 1. The summed E-state index contributed by atoms with van der Waals surface area (Å²) in [6.07, 6.45) is 0.435. The summed E-state index contributed by atoms with van der Waals surface area (Å²) >= 11 is 3.28. The van der Waals surface area contributed by atoms with E-state index < -0.39 is 17.5 Å². The molecule has 0 spiro atoms. The summed E-state index contributed by atoms with van der Waals surface area (Å²) in [5.74, 6) is -0.588. The minimum Gasteiger partial charge on any atom is -0.467 e. The Morgan fingerprint density at radius 3 is 2.75 bits per heavy atom. The fraction of sp³-hybridized carbons (Fsp3) is 0.600. The second-order valence-corrected chi connectivity index (χ2v) is 4.87. The predicted molar refractivity (Wildman–Crippen MR) is 59.8 cm³/mol. The van der Waals surface area contributed by atoms with E-state index >= 15 is 0 Å². The van der Waals surface area contributed by atoms with Crippen molar-refractivity contribution < 1.29 is 14.6 Å². The minimum atomic E-state index is -1.11. The Balaban J connectivity index is 2.33. The van der Waals surface area contributed by atoms with Crippen LogP contribution in [0.25, 0.3) is 0 Å². The molecule has 1 aliphatic carbocycles. The van der Waals surface area contributed by atoms with Crippen LogP contribution in [0.4, 0.5) is 0 Å². The van der Waals surface area contributed by atoms with E-state index in [9.17, 15) is 9.90 Å². The van der Waals surface area contributed by atoms with Gasteiger partial charge in [0.25, 0.3) is 0 Å². The second kappa shape index (κ2) is 3.85. The Labute approximate surface area is 102 Å². The maximum Gasteiger partial charge on any atom is 0.335 e. The molecule has 5 nitrogen and oxygen atoms in total. The van der Waals surface area contributed by atoms with Gasteiger partial charge in [-0.1, -0.05) is 0 Å². The normalized spacial score (nSPS) is 19.2. The molecule has 6 heteroatoms. The van der Waals surface area contributed by atoms with E-state index in [4.69, 9.17) is 0 Å². The van der Waals surface area contributed by atoms with E-state index in [2.05, 4.69) is 25.8 Å². The summed E-state index contributed by atoms with van der Waals surface area (Å²) in [7, 11) is 3.07. The molecule has 0 radical (unpaired) electrons. The highest BCUT2D eigenvalue weighted by molar-refractivity contribution is 9.10. The average molecular weight is 289 g/mol. The van der Waals surface area contributed by atoms with Crippen LogP contribution in [-0.4, -0.2) is 34.1 Å². The maximum absolute atomic E-state index is 11.4. The van der Waals surface area contributed by atoms with Crippen molar-refractivity contribution in [2.75, 3.05) is 7.11 Å². The molecular weight excluding hydrogens is 276 g/mol. The molecule has 1 fully saturated rings.